The Labute approximate surface area is 170 Å². The van der Waals surface area contributed by atoms with Gasteiger partial charge in [0.05, 0.1) is 30.5 Å². The molecule has 0 radical (unpaired) electrons. The molecule has 4 rings (SSSR count). The Balaban J connectivity index is 1.86. The number of hydrogen-bond acceptors (Lipinski definition) is 4. The Morgan fingerprint density at radius 2 is 1.86 bits per heavy atom. The van der Waals surface area contributed by atoms with Gasteiger partial charge in [0.2, 0.25) is 0 Å². The monoisotopic (exact) mass is 397 g/mol. The molecule has 0 saturated carbocycles. The number of benzene rings is 1. The van der Waals surface area contributed by atoms with Gasteiger partial charge in [0.1, 0.15) is 11.6 Å². The van der Waals surface area contributed by atoms with E-state index in [1.807, 2.05) is 39.0 Å². The van der Waals surface area contributed by atoms with Gasteiger partial charge in [0.15, 0.2) is 0 Å². The van der Waals surface area contributed by atoms with Crippen LogP contribution in [0.15, 0.2) is 30.3 Å². The molecule has 5 nitrogen and oxygen atoms in total. The van der Waals surface area contributed by atoms with Gasteiger partial charge in [-0.25, -0.2) is 4.98 Å². The molecule has 0 unspecified atom stereocenters. The molecule has 3 aromatic rings. The van der Waals surface area contributed by atoms with Crippen LogP contribution in [0.3, 0.4) is 0 Å². The van der Waals surface area contributed by atoms with E-state index in [9.17, 15) is 0 Å². The Hall–Kier alpha value is -2.37. The first-order valence-corrected chi connectivity index (χ1v) is 10.00. The van der Waals surface area contributed by atoms with Gasteiger partial charge in [0.25, 0.3) is 0 Å². The van der Waals surface area contributed by atoms with Gasteiger partial charge in [-0.05, 0) is 51.1 Å². The van der Waals surface area contributed by atoms with E-state index in [1.54, 1.807) is 0 Å². The molecule has 0 aliphatic carbocycles. The van der Waals surface area contributed by atoms with Crippen LogP contribution in [-0.2, 0) is 17.7 Å². The molecule has 146 valence electrons. The van der Waals surface area contributed by atoms with Gasteiger partial charge in [0, 0.05) is 41.2 Å². The number of fused-ring (bicyclic) bond motifs is 1. The van der Waals surface area contributed by atoms with Crippen molar-refractivity contribution in [2.24, 2.45) is 0 Å². The molecular formula is C22H24ClN3O2. The van der Waals surface area contributed by atoms with Gasteiger partial charge in [-0.15, -0.1) is 0 Å². The summed E-state index contributed by atoms with van der Waals surface area (Å²) in [6.07, 6.45) is 0.827. The van der Waals surface area contributed by atoms with Crippen LogP contribution in [0.4, 0.5) is 0 Å². The summed E-state index contributed by atoms with van der Waals surface area (Å²) in [6.45, 7) is 8.71. The second-order valence-electron chi connectivity index (χ2n) is 6.96. The van der Waals surface area contributed by atoms with Gasteiger partial charge in [-0.1, -0.05) is 11.6 Å². The predicted octanol–water partition coefficient (Wildman–Crippen LogP) is 4.85. The fourth-order valence-electron chi connectivity index (χ4n) is 3.74. The summed E-state index contributed by atoms with van der Waals surface area (Å²) in [4.78, 5) is 9.56. The smallest absolute Gasteiger partial charge is 0.141 e. The van der Waals surface area contributed by atoms with Crippen molar-refractivity contribution in [1.82, 2.24) is 14.5 Å². The predicted molar refractivity (Wildman–Crippen MR) is 111 cm³/mol. The molecule has 28 heavy (non-hydrogen) atoms. The molecule has 0 spiro atoms. The lowest BCUT2D eigenvalue weighted by Crippen LogP contribution is -2.06. The van der Waals surface area contributed by atoms with Gasteiger partial charge >= 0.3 is 0 Å². The molecule has 0 N–H and O–H groups in total. The van der Waals surface area contributed by atoms with E-state index in [4.69, 9.17) is 26.1 Å². The van der Waals surface area contributed by atoms with E-state index in [0.717, 1.165) is 47.0 Å². The van der Waals surface area contributed by atoms with Gasteiger partial charge in [-0.3, -0.25) is 4.98 Å². The van der Waals surface area contributed by atoms with E-state index >= 15 is 0 Å². The summed E-state index contributed by atoms with van der Waals surface area (Å²) in [5, 5.41) is 0.596. The van der Waals surface area contributed by atoms with Crippen LogP contribution in [0.2, 0.25) is 5.02 Å². The lowest BCUT2D eigenvalue weighted by Gasteiger charge is -2.10. The normalized spacial score (nSPS) is 13.9. The molecule has 0 atom stereocenters. The molecule has 6 heteroatoms. The average Bonchev–Trinajstić information content (AvgIpc) is 2.84. The van der Waals surface area contributed by atoms with Crippen LogP contribution in [0.1, 0.15) is 24.0 Å². The number of hydrogen-bond donors (Lipinski definition) is 0. The average molecular weight is 398 g/mol. The largest absolute Gasteiger partial charge is 0.492 e. The third-order valence-corrected chi connectivity index (χ3v) is 5.16. The number of halogens is 1. The van der Waals surface area contributed by atoms with Crippen molar-refractivity contribution >= 4 is 11.6 Å². The van der Waals surface area contributed by atoms with Crippen LogP contribution in [0.25, 0.3) is 22.6 Å². The number of aryl methyl sites for hydroxylation is 2. The third kappa shape index (κ3) is 3.64. The van der Waals surface area contributed by atoms with Crippen LogP contribution in [0, 0.1) is 13.8 Å². The lowest BCUT2D eigenvalue weighted by atomic mass is 10.1. The molecule has 0 fully saturated rings. The number of aromatic nitrogens is 3. The highest BCUT2D eigenvalue weighted by Crippen LogP contribution is 2.34. The van der Waals surface area contributed by atoms with Crippen molar-refractivity contribution in [1.29, 1.82) is 0 Å². The van der Waals surface area contributed by atoms with Crippen molar-refractivity contribution < 1.29 is 9.47 Å². The Morgan fingerprint density at radius 1 is 1.07 bits per heavy atom. The molecule has 3 heterocycles. The zero-order valence-corrected chi connectivity index (χ0v) is 17.2. The third-order valence-electron chi connectivity index (χ3n) is 4.86. The van der Waals surface area contributed by atoms with E-state index < -0.39 is 0 Å². The first kappa shape index (κ1) is 19.0. The van der Waals surface area contributed by atoms with Crippen molar-refractivity contribution in [2.75, 3.05) is 19.8 Å². The van der Waals surface area contributed by atoms with Crippen LogP contribution >= 0.6 is 11.6 Å². The second-order valence-corrected chi connectivity index (χ2v) is 7.37. The van der Waals surface area contributed by atoms with Gasteiger partial charge < -0.3 is 14.0 Å². The minimum absolute atomic E-state index is 0.583. The number of nitrogens with zero attached hydrogens (tertiary/aromatic N) is 3. The standard InChI is InChI=1S/C22H24ClN3O2/c1-4-28-20-6-5-16(13-18(20)23)22-25-21(17-11-14(2)24-15(3)12-17)19-7-9-27-10-8-26(19)22/h5-6,11-13H,4,7-10H2,1-3H3. The zero-order chi connectivity index (χ0) is 19.7. The topological polar surface area (TPSA) is 49.2 Å². The highest BCUT2D eigenvalue weighted by molar-refractivity contribution is 6.32. The first-order chi connectivity index (χ1) is 13.6. The first-order valence-electron chi connectivity index (χ1n) is 9.62. The molecule has 2 aromatic heterocycles. The van der Waals surface area contributed by atoms with Crippen molar-refractivity contribution in [2.45, 2.75) is 33.7 Å². The highest BCUT2D eigenvalue weighted by atomic mass is 35.5. The molecule has 0 saturated heterocycles. The Kier molecular flexibility index (Phi) is 5.38. The maximum atomic E-state index is 6.44. The molecule has 1 aliphatic heterocycles. The number of rotatable bonds is 4. The van der Waals surface area contributed by atoms with Crippen molar-refractivity contribution in [3.8, 4) is 28.4 Å². The molecule has 0 amide bonds. The summed E-state index contributed by atoms with van der Waals surface area (Å²) < 4.78 is 13.6. The summed E-state index contributed by atoms with van der Waals surface area (Å²) in [5.74, 6) is 1.60. The molecule has 0 bridgehead atoms. The van der Waals surface area contributed by atoms with E-state index in [-0.39, 0.29) is 0 Å². The fourth-order valence-corrected chi connectivity index (χ4v) is 3.98. The van der Waals surface area contributed by atoms with Crippen LogP contribution in [0.5, 0.6) is 5.75 Å². The van der Waals surface area contributed by atoms with Crippen LogP contribution < -0.4 is 4.74 Å². The molecular weight excluding hydrogens is 374 g/mol. The summed E-state index contributed by atoms with van der Waals surface area (Å²) in [6, 6.07) is 10.1. The number of pyridine rings is 1. The molecule has 1 aliphatic rings. The minimum atomic E-state index is 0.583. The maximum Gasteiger partial charge on any atom is 0.141 e. The van der Waals surface area contributed by atoms with E-state index in [1.165, 1.54) is 5.69 Å². The lowest BCUT2D eigenvalue weighted by molar-refractivity contribution is 0.140. The van der Waals surface area contributed by atoms with Gasteiger partial charge in [-0.2, -0.15) is 0 Å². The number of ether oxygens (including phenoxy) is 2. The second kappa shape index (κ2) is 7.94. The number of imidazole rings is 1. The fraction of sp³-hybridized carbons (Fsp3) is 0.364. The summed E-state index contributed by atoms with van der Waals surface area (Å²) in [7, 11) is 0. The zero-order valence-electron chi connectivity index (χ0n) is 16.5. The Bertz CT molecular complexity index is 993. The van der Waals surface area contributed by atoms with Crippen molar-refractivity contribution in [3.05, 3.63) is 52.4 Å². The summed E-state index contributed by atoms with van der Waals surface area (Å²) >= 11 is 6.44. The Morgan fingerprint density at radius 3 is 2.57 bits per heavy atom. The van der Waals surface area contributed by atoms with E-state index in [0.29, 0.717) is 30.6 Å². The maximum absolute atomic E-state index is 6.44. The quantitative estimate of drug-likeness (QED) is 0.631. The van der Waals surface area contributed by atoms with Crippen molar-refractivity contribution in [3.63, 3.8) is 0 Å². The summed E-state index contributed by atoms with van der Waals surface area (Å²) in [5.41, 5.74) is 6.26. The van der Waals surface area contributed by atoms with E-state index in [2.05, 4.69) is 21.7 Å². The SMILES string of the molecule is CCOc1ccc(-c2nc(-c3cc(C)nc(C)c3)c3n2CCOCC3)cc1Cl. The van der Waals surface area contributed by atoms with Crippen LogP contribution in [-0.4, -0.2) is 34.4 Å². The molecule has 1 aromatic carbocycles. The minimum Gasteiger partial charge on any atom is -0.492 e. The highest BCUT2D eigenvalue weighted by Gasteiger charge is 2.22.